The van der Waals surface area contributed by atoms with Crippen LogP contribution in [0, 0.1) is 0 Å². The lowest BCUT2D eigenvalue weighted by Gasteiger charge is -2.33. The highest BCUT2D eigenvalue weighted by atomic mass is 35.5. The number of amides is 2. The van der Waals surface area contributed by atoms with Gasteiger partial charge in [0.05, 0.1) is 10.6 Å². The second-order valence-electron chi connectivity index (χ2n) is 7.08. The van der Waals surface area contributed by atoms with Gasteiger partial charge in [-0.25, -0.2) is 0 Å². The van der Waals surface area contributed by atoms with Gasteiger partial charge in [0.15, 0.2) is 0 Å². The van der Waals surface area contributed by atoms with Gasteiger partial charge in [-0.05, 0) is 63.8 Å². The zero-order valence-electron chi connectivity index (χ0n) is 14.7. The van der Waals surface area contributed by atoms with E-state index in [1.807, 2.05) is 4.90 Å². The summed E-state index contributed by atoms with van der Waals surface area (Å²) in [5, 5.41) is 6.58. The first-order valence-electron chi connectivity index (χ1n) is 9.18. The fourth-order valence-electron chi connectivity index (χ4n) is 3.69. The molecule has 2 aliphatic heterocycles. The van der Waals surface area contributed by atoms with Crippen LogP contribution in [0.5, 0.6) is 0 Å². The molecule has 5 nitrogen and oxygen atoms in total. The third-order valence-electron chi connectivity index (χ3n) is 5.14. The van der Waals surface area contributed by atoms with Gasteiger partial charge < -0.3 is 15.5 Å². The minimum atomic E-state index is -0.0285. The molecule has 2 unspecified atom stereocenters. The minimum Gasteiger partial charge on any atom is -0.336 e. The molecule has 136 valence electrons. The van der Waals surface area contributed by atoms with Gasteiger partial charge in [-0.1, -0.05) is 11.6 Å². The van der Waals surface area contributed by atoms with Crippen LogP contribution in [-0.4, -0.2) is 41.9 Å². The van der Waals surface area contributed by atoms with Crippen molar-refractivity contribution >= 4 is 29.1 Å². The molecule has 1 aromatic carbocycles. The molecular weight excluding hydrogens is 338 g/mol. The van der Waals surface area contributed by atoms with Crippen molar-refractivity contribution in [3.63, 3.8) is 0 Å². The first-order valence-corrected chi connectivity index (χ1v) is 9.56. The molecule has 25 heavy (non-hydrogen) atoms. The van der Waals surface area contributed by atoms with Crippen LogP contribution in [0.15, 0.2) is 18.2 Å². The molecule has 0 aliphatic carbocycles. The molecule has 0 saturated carbocycles. The molecule has 3 rings (SSSR count). The maximum atomic E-state index is 12.7. The van der Waals surface area contributed by atoms with Crippen molar-refractivity contribution in [2.24, 2.45) is 0 Å². The van der Waals surface area contributed by atoms with Crippen LogP contribution in [0.4, 0.5) is 5.69 Å². The lowest BCUT2D eigenvalue weighted by molar-refractivity contribution is -0.116. The second-order valence-corrected chi connectivity index (χ2v) is 7.49. The molecule has 0 spiro atoms. The number of benzene rings is 1. The monoisotopic (exact) mass is 363 g/mol. The topological polar surface area (TPSA) is 61.4 Å². The molecule has 2 atom stereocenters. The van der Waals surface area contributed by atoms with Crippen LogP contribution in [0.2, 0.25) is 5.02 Å². The van der Waals surface area contributed by atoms with E-state index in [-0.39, 0.29) is 23.9 Å². The Bertz CT molecular complexity index is 644. The molecular formula is C19H26ClN3O2. The normalized spacial score (nSPS) is 23.5. The fourth-order valence-corrected chi connectivity index (χ4v) is 3.95. The van der Waals surface area contributed by atoms with E-state index in [4.69, 9.17) is 11.6 Å². The lowest BCUT2D eigenvalue weighted by atomic mass is 10.0. The Labute approximate surface area is 154 Å². The van der Waals surface area contributed by atoms with E-state index in [1.165, 1.54) is 6.42 Å². The summed E-state index contributed by atoms with van der Waals surface area (Å²) >= 11 is 6.33. The van der Waals surface area contributed by atoms with Crippen LogP contribution in [0.1, 0.15) is 55.8 Å². The Morgan fingerprint density at radius 1 is 1.28 bits per heavy atom. The quantitative estimate of drug-likeness (QED) is 0.861. The average molecular weight is 364 g/mol. The second kappa shape index (κ2) is 8.19. The van der Waals surface area contributed by atoms with Crippen LogP contribution in [-0.2, 0) is 4.79 Å². The van der Waals surface area contributed by atoms with Crippen LogP contribution < -0.4 is 10.6 Å². The van der Waals surface area contributed by atoms with Crippen molar-refractivity contribution in [1.29, 1.82) is 0 Å². The van der Waals surface area contributed by atoms with Crippen molar-refractivity contribution in [2.45, 2.75) is 57.5 Å². The summed E-state index contributed by atoms with van der Waals surface area (Å²) in [5.74, 6) is -0.0515. The van der Waals surface area contributed by atoms with Gasteiger partial charge in [0.25, 0.3) is 5.91 Å². The number of nitrogens with one attached hydrogen (secondary N) is 2. The summed E-state index contributed by atoms with van der Waals surface area (Å²) in [7, 11) is 0. The van der Waals surface area contributed by atoms with Crippen molar-refractivity contribution in [3.05, 3.63) is 28.8 Å². The number of carbonyl (C=O) groups is 2. The fraction of sp³-hybridized carbons (Fsp3) is 0.579. The predicted molar refractivity (Wildman–Crippen MR) is 100 cm³/mol. The number of likely N-dealkylation sites (tertiary alicyclic amines) is 1. The number of rotatable bonds is 4. The zero-order valence-corrected chi connectivity index (χ0v) is 15.4. The highest BCUT2D eigenvalue weighted by molar-refractivity contribution is 6.34. The Morgan fingerprint density at radius 3 is 2.80 bits per heavy atom. The Hall–Kier alpha value is -1.59. The summed E-state index contributed by atoms with van der Waals surface area (Å²) in [4.78, 5) is 26.8. The van der Waals surface area contributed by atoms with Gasteiger partial charge in [0.1, 0.15) is 0 Å². The maximum absolute atomic E-state index is 12.7. The third-order valence-corrected chi connectivity index (χ3v) is 5.45. The van der Waals surface area contributed by atoms with Crippen LogP contribution >= 0.6 is 11.6 Å². The number of piperidine rings is 1. The van der Waals surface area contributed by atoms with Gasteiger partial charge >= 0.3 is 0 Å². The van der Waals surface area contributed by atoms with E-state index in [9.17, 15) is 9.59 Å². The largest absolute Gasteiger partial charge is 0.336 e. The minimum absolute atomic E-state index is 0.0229. The number of hydrogen-bond donors (Lipinski definition) is 2. The zero-order chi connectivity index (χ0) is 17.8. The van der Waals surface area contributed by atoms with Gasteiger partial charge in [-0.2, -0.15) is 0 Å². The van der Waals surface area contributed by atoms with E-state index < -0.39 is 0 Å². The Kier molecular flexibility index (Phi) is 5.97. The van der Waals surface area contributed by atoms with Gasteiger partial charge in [0, 0.05) is 30.7 Å². The molecule has 2 saturated heterocycles. The van der Waals surface area contributed by atoms with E-state index in [0.29, 0.717) is 22.7 Å². The average Bonchev–Trinajstić information content (AvgIpc) is 3.07. The lowest BCUT2D eigenvalue weighted by Crippen LogP contribution is -2.42. The number of hydrogen-bond acceptors (Lipinski definition) is 3. The summed E-state index contributed by atoms with van der Waals surface area (Å²) in [5.41, 5.74) is 1.14. The molecule has 6 heteroatoms. The molecule has 0 aromatic heterocycles. The van der Waals surface area contributed by atoms with E-state index in [2.05, 4.69) is 17.6 Å². The number of nitrogens with zero attached hydrogens (tertiary/aromatic N) is 1. The van der Waals surface area contributed by atoms with Crippen molar-refractivity contribution < 1.29 is 9.59 Å². The standard InChI is InChI=1S/C19H26ClN3O2/c1-13-5-2-3-10-23(13)19(25)16-8-7-15(11-17(16)20)22-18(24)12-14-6-4-9-21-14/h7-8,11,13-14,21H,2-6,9-10,12H2,1H3,(H,22,24). The first-order chi connectivity index (χ1) is 12.0. The molecule has 1 aromatic rings. The molecule has 2 heterocycles. The molecule has 2 aliphatic rings. The third kappa shape index (κ3) is 4.53. The number of anilines is 1. The molecule has 2 N–H and O–H groups in total. The first kappa shape index (κ1) is 18.2. The van der Waals surface area contributed by atoms with Crippen LogP contribution in [0.25, 0.3) is 0 Å². The Morgan fingerprint density at radius 2 is 2.12 bits per heavy atom. The van der Waals surface area contributed by atoms with Crippen LogP contribution in [0.3, 0.4) is 0 Å². The Balaban J connectivity index is 1.63. The summed E-state index contributed by atoms with van der Waals surface area (Å²) in [6.07, 6.45) is 5.86. The van der Waals surface area contributed by atoms with Gasteiger partial charge in [-0.15, -0.1) is 0 Å². The van der Waals surface area contributed by atoms with Crippen molar-refractivity contribution in [2.75, 3.05) is 18.4 Å². The maximum Gasteiger partial charge on any atom is 0.255 e. The molecule has 0 bridgehead atoms. The highest BCUT2D eigenvalue weighted by Gasteiger charge is 2.26. The number of halogens is 1. The summed E-state index contributed by atoms with van der Waals surface area (Å²) < 4.78 is 0. The van der Waals surface area contributed by atoms with Gasteiger partial charge in [0.2, 0.25) is 5.91 Å². The summed E-state index contributed by atoms with van der Waals surface area (Å²) in [6, 6.07) is 5.65. The van der Waals surface area contributed by atoms with E-state index in [0.717, 1.165) is 38.8 Å². The smallest absolute Gasteiger partial charge is 0.255 e. The molecule has 2 fully saturated rings. The summed E-state index contributed by atoms with van der Waals surface area (Å²) in [6.45, 7) is 3.84. The van der Waals surface area contributed by atoms with Crippen molar-refractivity contribution in [3.8, 4) is 0 Å². The van der Waals surface area contributed by atoms with E-state index in [1.54, 1.807) is 18.2 Å². The molecule has 0 radical (unpaired) electrons. The SMILES string of the molecule is CC1CCCCN1C(=O)c1ccc(NC(=O)CC2CCCN2)cc1Cl. The van der Waals surface area contributed by atoms with Crippen molar-refractivity contribution in [1.82, 2.24) is 10.2 Å². The highest BCUT2D eigenvalue weighted by Crippen LogP contribution is 2.26. The van der Waals surface area contributed by atoms with Gasteiger partial charge in [-0.3, -0.25) is 9.59 Å². The predicted octanol–water partition coefficient (Wildman–Crippen LogP) is 3.44. The van der Waals surface area contributed by atoms with E-state index >= 15 is 0 Å². The number of carbonyl (C=O) groups excluding carboxylic acids is 2. The molecule has 2 amide bonds.